The summed E-state index contributed by atoms with van der Waals surface area (Å²) in [5.41, 5.74) is 0. The molecule has 0 spiro atoms. The van der Waals surface area contributed by atoms with Crippen LogP contribution < -0.4 is 0 Å². The van der Waals surface area contributed by atoms with Crippen molar-refractivity contribution in [3.05, 3.63) is 0 Å². The van der Waals surface area contributed by atoms with Gasteiger partial charge >= 0.3 is 0 Å². The lowest BCUT2D eigenvalue weighted by Crippen LogP contribution is -2.17. The first-order valence-corrected chi connectivity index (χ1v) is 5.95. The molecule has 1 atom stereocenters. The SMILES string of the molecule is C.CC(C)CC1CCCS1(=O)=O. The number of hydrogen-bond donors (Lipinski definition) is 0. The van der Waals surface area contributed by atoms with Crippen LogP contribution in [0.1, 0.15) is 40.5 Å². The summed E-state index contributed by atoms with van der Waals surface area (Å²) >= 11 is 0. The van der Waals surface area contributed by atoms with Gasteiger partial charge in [0, 0.05) is 0 Å². The standard InChI is InChI=1S/C8H16O2S.CH4/c1-7(2)6-8-4-3-5-11(8,9)10;/h7-8H,3-6H2,1-2H3;1H4. The molecule has 1 rings (SSSR count). The van der Waals surface area contributed by atoms with E-state index in [-0.39, 0.29) is 12.7 Å². The molecule has 3 heteroatoms. The minimum Gasteiger partial charge on any atom is -0.229 e. The van der Waals surface area contributed by atoms with E-state index < -0.39 is 9.84 Å². The third-order valence-corrected chi connectivity index (χ3v) is 4.50. The summed E-state index contributed by atoms with van der Waals surface area (Å²) in [6, 6.07) is 0. The molecule has 1 unspecified atom stereocenters. The van der Waals surface area contributed by atoms with Crippen LogP contribution in [-0.4, -0.2) is 19.4 Å². The summed E-state index contributed by atoms with van der Waals surface area (Å²) in [5, 5.41) is -0.0255. The quantitative estimate of drug-likeness (QED) is 0.672. The highest BCUT2D eigenvalue weighted by atomic mass is 32.2. The van der Waals surface area contributed by atoms with Gasteiger partial charge in [-0.05, 0) is 25.2 Å². The molecule has 0 amide bonds. The molecule has 0 aromatic carbocycles. The lowest BCUT2D eigenvalue weighted by atomic mass is 10.1. The fourth-order valence-electron chi connectivity index (χ4n) is 1.65. The number of rotatable bonds is 2. The fourth-order valence-corrected chi connectivity index (χ4v) is 3.75. The van der Waals surface area contributed by atoms with Crippen molar-refractivity contribution < 1.29 is 8.42 Å². The second-order valence-electron chi connectivity index (χ2n) is 3.76. The second-order valence-corrected chi connectivity index (χ2v) is 6.16. The molecule has 1 heterocycles. The van der Waals surface area contributed by atoms with E-state index in [2.05, 4.69) is 13.8 Å². The summed E-state index contributed by atoms with van der Waals surface area (Å²) in [4.78, 5) is 0. The van der Waals surface area contributed by atoms with Gasteiger partial charge in [0.2, 0.25) is 0 Å². The van der Waals surface area contributed by atoms with E-state index in [0.717, 1.165) is 19.3 Å². The minimum absolute atomic E-state index is 0. The van der Waals surface area contributed by atoms with E-state index >= 15 is 0 Å². The summed E-state index contributed by atoms with van der Waals surface area (Å²) in [5.74, 6) is 0.928. The van der Waals surface area contributed by atoms with Gasteiger partial charge in [0.05, 0.1) is 11.0 Å². The van der Waals surface area contributed by atoms with Gasteiger partial charge in [-0.3, -0.25) is 0 Å². The maximum atomic E-state index is 11.3. The smallest absolute Gasteiger partial charge is 0.153 e. The largest absolute Gasteiger partial charge is 0.229 e. The average molecular weight is 192 g/mol. The molecule has 0 aromatic heterocycles. The van der Waals surface area contributed by atoms with Crippen molar-refractivity contribution in [2.75, 3.05) is 5.75 Å². The molecule has 0 radical (unpaired) electrons. The number of hydrogen-bond acceptors (Lipinski definition) is 2. The minimum atomic E-state index is -2.68. The van der Waals surface area contributed by atoms with Crippen LogP contribution in [0.3, 0.4) is 0 Å². The first kappa shape index (κ1) is 11.9. The Bertz CT molecular complexity index is 217. The van der Waals surface area contributed by atoms with E-state index in [4.69, 9.17) is 0 Å². The van der Waals surface area contributed by atoms with Crippen LogP contribution in [0.15, 0.2) is 0 Å². The highest BCUT2D eigenvalue weighted by Crippen LogP contribution is 2.25. The molecule has 2 nitrogen and oxygen atoms in total. The van der Waals surface area contributed by atoms with Crippen molar-refractivity contribution in [1.29, 1.82) is 0 Å². The van der Waals surface area contributed by atoms with Gasteiger partial charge in [-0.25, -0.2) is 8.42 Å². The second kappa shape index (κ2) is 4.26. The van der Waals surface area contributed by atoms with Crippen LogP contribution in [0.25, 0.3) is 0 Å². The first-order valence-electron chi connectivity index (χ1n) is 4.24. The van der Waals surface area contributed by atoms with E-state index in [1.54, 1.807) is 0 Å². The summed E-state index contributed by atoms with van der Waals surface area (Å²) in [6.07, 6.45) is 2.61. The Labute approximate surface area is 76.3 Å². The monoisotopic (exact) mass is 192 g/mol. The van der Waals surface area contributed by atoms with Crippen LogP contribution in [0.4, 0.5) is 0 Å². The van der Waals surface area contributed by atoms with Crippen molar-refractivity contribution in [3.63, 3.8) is 0 Å². The molecule has 0 aromatic rings. The van der Waals surface area contributed by atoms with Gasteiger partial charge in [-0.2, -0.15) is 0 Å². The van der Waals surface area contributed by atoms with Crippen LogP contribution in [0.2, 0.25) is 0 Å². The fraction of sp³-hybridized carbons (Fsp3) is 1.00. The highest BCUT2D eigenvalue weighted by Gasteiger charge is 2.31. The molecule has 0 saturated carbocycles. The molecule has 1 fully saturated rings. The van der Waals surface area contributed by atoms with E-state index in [1.807, 2.05) is 0 Å². The molecule has 74 valence electrons. The van der Waals surface area contributed by atoms with Crippen molar-refractivity contribution in [3.8, 4) is 0 Å². The summed E-state index contributed by atoms with van der Waals surface area (Å²) < 4.78 is 22.6. The Morgan fingerprint density at radius 3 is 2.33 bits per heavy atom. The van der Waals surface area contributed by atoms with Gasteiger partial charge in [0.15, 0.2) is 9.84 Å². The normalized spacial score (nSPS) is 27.1. The van der Waals surface area contributed by atoms with E-state index in [0.29, 0.717) is 11.7 Å². The molecule has 12 heavy (non-hydrogen) atoms. The van der Waals surface area contributed by atoms with Gasteiger partial charge in [0.25, 0.3) is 0 Å². The zero-order valence-electron chi connectivity index (χ0n) is 7.21. The topological polar surface area (TPSA) is 34.1 Å². The first-order chi connectivity index (χ1) is 5.02. The maximum absolute atomic E-state index is 11.3. The zero-order chi connectivity index (χ0) is 8.48. The predicted octanol–water partition coefficient (Wildman–Crippen LogP) is 2.25. The van der Waals surface area contributed by atoms with Crippen molar-refractivity contribution >= 4 is 9.84 Å². The number of sulfone groups is 1. The summed E-state index contributed by atoms with van der Waals surface area (Å²) in [6.45, 7) is 4.15. The Morgan fingerprint density at radius 1 is 1.42 bits per heavy atom. The highest BCUT2D eigenvalue weighted by molar-refractivity contribution is 7.92. The molecular weight excluding hydrogens is 172 g/mol. The molecule has 0 aliphatic carbocycles. The third-order valence-electron chi connectivity index (χ3n) is 2.20. The molecule has 0 N–H and O–H groups in total. The summed E-state index contributed by atoms with van der Waals surface area (Å²) in [7, 11) is -2.68. The van der Waals surface area contributed by atoms with E-state index in [9.17, 15) is 8.42 Å². The molecule has 0 bridgehead atoms. The lowest BCUT2D eigenvalue weighted by Gasteiger charge is -2.10. The van der Waals surface area contributed by atoms with Crippen LogP contribution in [0, 0.1) is 5.92 Å². The van der Waals surface area contributed by atoms with Crippen LogP contribution in [-0.2, 0) is 9.84 Å². The van der Waals surface area contributed by atoms with Crippen molar-refractivity contribution in [2.24, 2.45) is 5.92 Å². The van der Waals surface area contributed by atoms with Crippen molar-refractivity contribution in [2.45, 2.75) is 45.8 Å². The van der Waals surface area contributed by atoms with Gasteiger partial charge < -0.3 is 0 Å². The Kier molecular flexibility index (Phi) is 4.24. The predicted molar refractivity (Wildman–Crippen MR) is 53.0 cm³/mol. The van der Waals surface area contributed by atoms with Gasteiger partial charge in [-0.15, -0.1) is 0 Å². The maximum Gasteiger partial charge on any atom is 0.153 e. The lowest BCUT2D eigenvalue weighted by molar-refractivity contribution is 0.529. The molecule has 1 saturated heterocycles. The molecular formula is C9H20O2S. The Balaban J connectivity index is 0.00000121. The van der Waals surface area contributed by atoms with Gasteiger partial charge in [-0.1, -0.05) is 21.3 Å². The van der Waals surface area contributed by atoms with Gasteiger partial charge in [0.1, 0.15) is 0 Å². The van der Waals surface area contributed by atoms with E-state index in [1.165, 1.54) is 0 Å². The Morgan fingerprint density at radius 2 is 2.00 bits per heavy atom. The zero-order valence-corrected chi connectivity index (χ0v) is 8.02. The average Bonchev–Trinajstić information content (AvgIpc) is 2.10. The third kappa shape index (κ3) is 2.77. The molecule has 1 aliphatic heterocycles. The Hall–Kier alpha value is -0.0500. The van der Waals surface area contributed by atoms with Crippen molar-refractivity contribution in [1.82, 2.24) is 0 Å². The van der Waals surface area contributed by atoms with Crippen LogP contribution >= 0.6 is 0 Å². The molecule has 1 aliphatic rings. The van der Waals surface area contributed by atoms with Crippen LogP contribution in [0.5, 0.6) is 0 Å².